The molecular weight excluding hydrogens is 390 g/mol. The molecule has 2 aromatic carbocycles. The number of amides is 2. The fourth-order valence-electron chi connectivity index (χ4n) is 4.56. The van der Waals surface area contributed by atoms with Gasteiger partial charge in [-0.15, -0.1) is 0 Å². The number of carbonyl (C=O) groups excluding carboxylic acids is 2. The SMILES string of the molecule is C[C@@H]1Cc2ccccc2N1Cc1occc1C(=O)Nc1cccc(N2CCCC2=O)c1. The quantitative estimate of drug-likeness (QED) is 0.661. The summed E-state index contributed by atoms with van der Waals surface area (Å²) in [6, 6.07) is 17.9. The molecule has 1 N–H and O–H groups in total. The Morgan fingerprint density at radius 3 is 2.87 bits per heavy atom. The molecule has 158 valence electrons. The van der Waals surface area contributed by atoms with Gasteiger partial charge in [0.05, 0.1) is 18.4 Å². The van der Waals surface area contributed by atoms with Crippen molar-refractivity contribution in [3.8, 4) is 0 Å². The molecule has 2 aliphatic rings. The highest BCUT2D eigenvalue weighted by Crippen LogP contribution is 2.34. The van der Waals surface area contributed by atoms with Gasteiger partial charge in [-0.3, -0.25) is 9.59 Å². The largest absolute Gasteiger partial charge is 0.467 e. The first-order chi connectivity index (χ1) is 15.1. The van der Waals surface area contributed by atoms with Crippen LogP contribution in [0.25, 0.3) is 0 Å². The Labute approximate surface area is 181 Å². The fourth-order valence-corrected chi connectivity index (χ4v) is 4.56. The van der Waals surface area contributed by atoms with Crippen molar-refractivity contribution >= 4 is 28.9 Å². The second kappa shape index (κ2) is 7.95. The number of nitrogens with zero attached hydrogens (tertiary/aromatic N) is 2. The van der Waals surface area contributed by atoms with Gasteiger partial charge in [-0.05, 0) is 55.7 Å². The van der Waals surface area contributed by atoms with Crippen LogP contribution >= 0.6 is 0 Å². The Morgan fingerprint density at radius 1 is 1.16 bits per heavy atom. The molecule has 0 unspecified atom stereocenters. The molecule has 1 aromatic heterocycles. The second-order valence-corrected chi connectivity index (χ2v) is 8.22. The third kappa shape index (κ3) is 3.69. The Morgan fingerprint density at radius 2 is 2.03 bits per heavy atom. The lowest BCUT2D eigenvalue weighted by Gasteiger charge is -2.24. The van der Waals surface area contributed by atoms with E-state index >= 15 is 0 Å². The molecule has 0 spiro atoms. The van der Waals surface area contributed by atoms with Crippen molar-refractivity contribution in [3.05, 3.63) is 77.7 Å². The molecule has 0 saturated carbocycles. The first-order valence-corrected chi connectivity index (χ1v) is 10.7. The number of carbonyl (C=O) groups is 2. The van der Waals surface area contributed by atoms with Gasteiger partial charge in [-0.1, -0.05) is 24.3 Å². The van der Waals surface area contributed by atoms with Crippen molar-refractivity contribution in [2.45, 2.75) is 38.8 Å². The number of benzene rings is 2. The van der Waals surface area contributed by atoms with Gasteiger partial charge in [-0.2, -0.15) is 0 Å². The summed E-state index contributed by atoms with van der Waals surface area (Å²) in [5.74, 6) is 0.557. The molecule has 3 heterocycles. The molecule has 6 nitrogen and oxygen atoms in total. The summed E-state index contributed by atoms with van der Waals surface area (Å²) in [4.78, 5) is 29.1. The predicted molar refractivity (Wildman–Crippen MR) is 120 cm³/mol. The minimum absolute atomic E-state index is 0.126. The van der Waals surface area contributed by atoms with Gasteiger partial charge in [0.15, 0.2) is 0 Å². The van der Waals surface area contributed by atoms with Crippen molar-refractivity contribution in [2.24, 2.45) is 0 Å². The van der Waals surface area contributed by atoms with Crippen LogP contribution in [-0.4, -0.2) is 24.4 Å². The highest BCUT2D eigenvalue weighted by molar-refractivity contribution is 6.05. The van der Waals surface area contributed by atoms with E-state index < -0.39 is 0 Å². The lowest BCUT2D eigenvalue weighted by atomic mass is 10.1. The molecular formula is C25H25N3O3. The Hall–Kier alpha value is -3.54. The molecule has 2 aliphatic heterocycles. The number of para-hydroxylation sites is 1. The molecule has 0 aliphatic carbocycles. The van der Waals surface area contributed by atoms with E-state index in [1.54, 1.807) is 17.2 Å². The first-order valence-electron chi connectivity index (χ1n) is 10.7. The summed E-state index contributed by atoms with van der Waals surface area (Å²) in [6.45, 7) is 3.45. The maximum absolute atomic E-state index is 13.0. The Kier molecular flexibility index (Phi) is 4.98. The van der Waals surface area contributed by atoms with Gasteiger partial charge in [0, 0.05) is 36.1 Å². The average Bonchev–Trinajstić information content (AvgIpc) is 3.48. The summed E-state index contributed by atoms with van der Waals surface area (Å²) in [7, 11) is 0. The van der Waals surface area contributed by atoms with E-state index in [9.17, 15) is 9.59 Å². The number of hydrogen-bond acceptors (Lipinski definition) is 4. The molecule has 1 saturated heterocycles. The van der Waals surface area contributed by atoms with Crippen LogP contribution in [0.5, 0.6) is 0 Å². The van der Waals surface area contributed by atoms with Crippen LogP contribution in [0.3, 0.4) is 0 Å². The summed E-state index contributed by atoms with van der Waals surface area (Å²) in [6.07, 6.45) is 4.00. The van der Waals surface area contributed by atoms with Gasteiger partial charge < -0.3 is 19.5 Å². The van der Waals surface area contributed by atoms with Crippen LogP contribution in [0.15, 0.2) is 65.3 Å². The topological polar surface area (TPSA) is 65.8 Å². The summed E-state index contributed by atoms with van der Waals surface area (Å²) in [5.41, 5.74) is 4.52. The Balaban J connectivity index is 1.33. The zero-order valence-electron chi connectivity index (χ0n) is 17.5. The van der Waals surface area contributed by atoms with E-state index in [1.165, 1.54) is 11.3 Å². The maximum atomic E-state index is 13.0. The van der Waals surface area contributed by atoms with Crippen molar-refractivity contribution in [3.63, 3.8) is 0 Å². The number of hydrogen-bond donors (Lipinski definition) is 1. The van der Waals surface area contributed by atoms with E-state index in [4.69, 9.17) is 4.42 Å². The van der Waals surface area contributed by atoms with E-state index in [0.29, 0.717) is 36.0 Å². The third-order valence-electron chi connectivity index (χ3n) is 6.14. The van der Waals surface area contributed by atoms with Crippen LogP contribution in [0.2, 0.25) is 0 Å². The zero-order valence-corrected chi connectivity index (χ0v) is 17.5. The van der Waals surface area contributed by atoms with E-state index in [1.807, 2.05) is 30.3 Å². The van der Waals surface area contributed by atoms with E-state index in [0.717, 1.165) is 25.1 Å². The van der Waals surface area contributed by atoms with Crippen molar-refractivity contribution in [2.75, 3.05) is 21.7 Å². The number of fused-ring (bicyclic) bond motifs is 1. The maximum Gasteiger partial charge on any atom is 0.259 e. The van der Waals surface area contributed by atoms with Crippen LogP contribution in [0, 0.1) is 0 Å². The van der Waals surface area contributed by atoms with Crippen LogP contribution in [0.1, 0.15) is 41.4 Å². The Bertz CT molecular complexity index is 1140. The molecule has 1 fully saturated rings. The molecule has 0 bridgehead atoms. The molecule has 5 rings (SSSR count). The monoisotopic (exact) mass is 415 g/mol. The average molecular weight is 415 g/mol. The number of nitrogens with one attached hydrogen (secondary N) is 1. The van der Waals surface area contributed by atoms with Crippen LogP contribution in [-0.2, 0) is 17.8 Å². The standard InChI is InChI=1S/C25H25N3O3/c1-17-14-18-6-2-3-9-22(18)28(17)16-23-21(11-13-31-23)25(30)26-19-7-4-8-20(15-19)27-12-5-10-24(27)29/h2-4,6-9,11,13,15,17H,5,10,12,14,16H2,1H3,(H,26,30)/t17-/m1/s1. The van der Waals surface area contributed by atoms with Gasteiger partial charge in [0.25, 0.3) is 5.91 Å². The highest BCUT2D eigenvalue weighted by Gasteiger charge is 2.28. The summed E-state index contributed by atoms with van der Waals surface area (Å²) < 4.78 is 5.71. The van der Waals surface area contributed by atoms with Crippen LogP contribution < -0.4 is 15.1 Å². The molecule has 1 atom stereocenters. The van der Waals surface area contributed by atoms with E-state index in [2.05, 4.69) is 35.3 Å². The molecule has 6 heteroatoms. The molecule has 0 radical (unpaired) electrons. The molecule has 31 heavy (non-hydrogen) atoms. The zero-order chi connectivity index (χ0) is 21.4. The summed E-state index contributed by atoms with van der Waals surface area (Å²) >= 11 is 0. The van der Waals surface area contributed by atoms with Gasteiger partial charge in [0.1, 0.15) is 5.76 Å². The third-order valence-corrected chi connectivity index (χ3v) is 6.14. The first kappa shape index (κ1) is 19.4. The molecule has 3 aromatic rings. The smallest absolute Gasteiger partial charge is 0.259 e. The van der Waals surface area contributed by atoms with Crippen molar-refractivity contribution in [1.82, 2.24) is 0 Å². The number of anilines is 3. The van der Waals surface area contributed by atoms with Crippen LogP contribution in [0.4, 0.5) is 17.1 Å². The van der Waals surface area contributed by atoms with E-state index in [-0.39, 0.29) is 11.8 Å². The minimum Gasteiger partial charge on any atom is -0.467 e. The number of rotatable bonds is 5. The minimum atomic E-state index is -0.214. The van der Waals surface area contributed by atoms with Gasteiger partial charge >= 0.3 is 0 Å². The highest BCUT2D eigenvalue weighted by atomic mass is 16.3. The molecule has 2 amide bonds. The normalized spacial score (nSPS) is 17.8. The van der Waals surface area contributed by atoms with Gasteiger partial charge in [0.2, 0.25) is 5.91 Å². The second-order valence-electron chi connectivity index (χ2n) is 8.22. The number of furan rings is 1. The lowest BCUT2D eigenvalue weighted by Crippen LogP contribution is -2.29. The lowest BCUT2D eigenvalue weighted by molar-refractivity contribution is -0.117. The van der Waals surface area contributed by atoms with Gasteiger partial charge in [-0.25, -0.2) is 0 Å². The predicted octanol–water partition coefficient (Wildman–Crippen LogP) is 4.61. The van der Waals surface area contributed by atoms with Crippen molar-refractivity contribution < 1.29 is 14.0 Å². The fraction of sp³-hybridized carbons (Fsp3) is 0.280. The summed E-state index contributed by atoms with van der Waals surface area (Å²) in [5, 5.41) is 2.96. The van der Waals surface area contributed by atoms with Crippen molar-refractivity contribution in [1.29, 1.82) is 0 Å².